The molecule has 0 spiro atoms. The molecule has 3 rings (SSSR count). The number of carbonyl (C=O) groups is 1. The van der Waals surface area contributed by atoms with Crippen LogP contribution in [0.3, 0.4) is 0 Å². The minimum atomic E-state index is -3.23. The van der Waals surface area contributed by atoms with Crippen LogP contribution in [0.1, 0.15) is 66.5 Å². The summed E-state index contributed by atoms with van der Waals surface area (Å²) in [6.07, 6.45) is 7.04. The number of oxazole rings is 1. The van der Waals surface area contributed by atoms with Crippen molar-refractivity contribution in [3.05, 3.63) is 47.7 Å². The van der Waals surface area contributed by atoms with Gasteiger partial charge in [0.15, 0.2) is 21.4 Å². The summed E-state index contributed by atoms with van der Waals surface area (Å²) in [4.78, 5) is 16.9. The summed E-state index contributed by atoms with van der Waals surface area (Å²) in [6, 6.07) is 6.22. The molecular weight excluding hydrogens is 340 g/mol. The molecule has 1 fully saturated rings. The van der Waals surface area contributed by atoms with E-state index in [1.54, 1.807) is 24.3 Å². The Morgan fingerprint density at radius 2 is 1.88 bits per heavy atom. The molecule has 0 bridgehead atoms. The molecule has 134 valence electrons. The summed E-state index contributed by atoms with van der Waals surface area (Å²) >= 11 is 0. The lowest BCUT2D eigenvalue weighted by Gasteiger charge is -2.13. The normalized spacial score (nSPS) is 16.7. The van der Waals surface area contributed by atoms with E-state index >= 15 is 0 Å². The highest BCUT2D eigenvalue weighted by atomic mass is 32.2. The molecule has 1 amide bonds. The van der Waals surface area contributed by atoms with E-state index in [9.17, 15) is 13.2 Å². The molecule has 1 N–H and O–H groups in total. The second-order valence-corrected chi connectivity index (χ2v) is 8.60. The third-order valence-electron chi connectivity index (χ3n) is 4.61. The van der Waals surface area contributed by atoms with Crippen molar-refractivity contribution >= 4 is 15.7 Å². The SMILES string of the molecule is C[C@@H](NC(=O)c1coc(C2CCCC2)n1)c1ccc(S(C)(=O)=O)cc1. The van der Waals surface area contributed by atoms with E-state index in [-0.39, 0.29) is 22.5 Å². The predicted molar refractivity (Wildman–Crippen MR) is 93.1 cm³/mol. The van der Waals surface area contributed by atoms with Crippen LogP contribution < -0.4 is 5.32 Å². The Kier molecular flexibility index (Phi) is 4.94. The van der Waals surface area contributed by atoms with Gasteiger partial charge < -0.3 is 9.73 Å². The molecule has 1 atom stereocenters. The van der Waals surface area contributed by atoms with Crippen LogP contribution in [0, 0.1) is 0 Å². The highest BCUT2D eigenvalue weighted by molar-refractivity contribution is 7.90. The quantitative estimate of drug-likeness (QED) is 0.882. The van der Waals surface area contributed by atoms with Crippen molar-refractivity contribution in [2.24, 2.45) is 0 Å². The predicted octanol–water partition coefficient (Wildman–Crippen LogP) is 3.23. The van der Waals surface area contributed by atoms with Crippen molar-refractivity contribution in [2.45, 2.75) is 49.5 Å². The first-order chi connectivity index (χ1) is 11.8. The number of carbonyl (C=O) groups excluding carboxylic acids is 1. The third kappa shape index (κ3) is 4.10. The summed E-state index contributed by atoms with van der Waals surface area (Å²) in [5, 5.41) is 2.86. The minimum Gasteiger partial charge on any atom is -0.448 e. The van der Waals surface area contributed by atoms with Crippen LogP contribution in [-0.2, 0) is 9.84 Å². The van der Waals surface area contributed by atoms with Crippen LogP contribution >= 0.6 is 0 Å². The van der Waals surface area contributed by atoms with Crippen molar-refractivity contribution < 1.29 is 17.6 Å². The molecule has 25 heavy (non-hydrogen) atoms. The van der Waals surface area contributed by atoms with Gasteiger partial charge in [-0.1, -0.05) is 25.0 Å². The van der Waals surface area contributed by atoms with Crippen molar-refractivity contribution in [3.8, 4) is 0 Å². The molecule has 7 heteroatoms. The van der Waals surface area contributed by atoms with Gasteiger partial charge in [-0.2, -0.15) is 0 Å². The van der Waals surface area contributed by atoms with E-state index in [2.05, 4.69) is 10.3 Å². The Labute approximate surface area is 147 Å². The van der Waals surface area contributed by atoms with Gasteiger partial charge in [0.1, 0.15) is 6.26 Å². The second-order valence-electron chi connectivity index (χ2n) is 6.59. The summed E-state index contributed by atoms with van der Waals surface area (Å²) in [7, 11) is -3.23. The fourth-order valence-corrected chi connectivity index (χ4v) is 3.74. The van der Waals surface area contributed by atoms with Crippen LogP contribution in [0.25, 0.3) is 0 Å². The lowest BCUT2D eigenvalue weighted by Crippen LogP contribution is -2.27. The fraction of sp³-hybridized carbons (Fsp3) is 0.444. The fourth-order valence-electron chi connectivity index (χ4n) is 3.11. The van der Waals surface area contributed by atoms with Crippen molar-refractivity contribution in [1.82, 2.24) is 10.3 Å². The van der Waals surface area contributed by atoms with Gasteiger partial charge in [-0.15, -0.1) is 0 Å². The highest BCUT2D eigenvalue weighted by Gasteiger charge is 2.24. The van der Waals surface area contributed by atoms with Crippen LogP contribution in [0.5, 0.6) is 0 Å². The molecule has 2 aromatic rings. The van der Waals surface area contributed by atoms with Gasteiger partial charge in [-0.05, 0) is 37.5 Å². The first kappa shape index (κ1) is 17.7. The molecule has 6 nitrogen and oxygen atoms in total. The van der Waals surface area contributed by atoms with Gasteiger partial charge in [0.05, 0.1) is 10.9 Å². The van der Waals surface area contributed by atoms with E-state index in [0.29, 0.717) is 11.8 Å². The summed E-state index contributed by atoms with van der Waals surface area (Å²) in [6.45, 7) is 1.84. The van der Waals surface area contributed by atoms with E-state index < -0.39 is 9.84 Å². The molecule has 1 aliphatic carbocycles. The molecule has 0 aliphatic heterocycles. The summed E-state index contributed by atoms with van der Waals surface area (Å²) in [5.74, 6) is 0.669. The highest BCUT2D eigenvalue weighted by Crippen LogP contribution is 2.33. The van der Waals surface area contributed by atoms with Gasteiger partial charge in [0, 0.05) is 12.2 Å². The Morgan fingerprint density at radius 3 is 2.48 bits per heavy atom. The number of aromatic nitrogens is 1. The Hall–Kier alpha value is -2.15. The molecule has 0 saturated heterocycles. The first-order valence-corrected chi connectivity index (χ1v) is 10.3. The Morgan fingerprint density at radius 1 is 1.24 bits per heavy atom. The molecule has 1 aliphatic rings. The number of hydrogen-bond donors (Lipinski definition) is 1. The third-order valence-corrected chi connectivity index (χ3v) is 5.74. The van der Waals surface area contributed by atoms with E-state index in [1.807, 2.05) is 6.92 Å². The van der Waals surface area contributed by atoms with Gasteiger partial charge in [0.2, 0.25) is 0 Å². The molecule has 1 saturated carbocycles. The zero-order valence-corrected chi connectivity index (χ0v) is 15.2. The van der Waals surface area contributed by atoms with E-state index in [0.717, 1.165) is 18.4 Å². The monoisotopic (exact) mass is 362 g/mol. The first-order valence-electron chi connectivity index (χ1n) is 8.41. The number of benzene rings is 1. The lowest BCUT2D eigenvalue weighted by atomic mass is 10.1. The maximum atomic E-state index is 12.4. The summed E-state index contributed by atoms with van der Waals surface area (Å²) < 4.78 is 28.5. The van der Waals surface area contributed by atoms with Crippen molar-refractivity contribution in [2.75, 3.05) is 6.26 Å². The number of sulfone groups is 1. The van der Waals surface area contributed by atoms with E-state index in [1.165, 1.54) is 25.4 Å². The van der Waals surface area contributed by atoms with Crippen molar-refractivity contribution in [1.29, 1.82) is 0 Å². The topological polar surface area (TPSA) is 89.3 Å². The number of rotatable bonds is 5. The van der Waals surface area contributed by atoms with Gasteiger partial charge >= 0.3 is 0 Å². The van der Waals surface area contributed by atoms with Gasteiger partial charge in [0.25, 0.3) is 5.91 Å². The Bertz CT molecular complexity index is 849. The minimum absolute atomic E-state index is 0.257. The zero-order valence-electron chi connectivity index (χ0n) is 14.4. The average molecular weight is 362 g/mol. The number of nitrogens with zero attached hydrogens (tertiary/aromatic N) is 1. The Balaban J connectivity index is 1.66. The van der Waals surface area contributed by atoms with Gasteiger partial charge in [-0.25, -0.2) is 13.4 Å². The number of hydrogen-bond acceptors (Lipinski definition) is 5. The largest absolute Gasteiger partial charge is 0.448 e. The smallest absolute Gasteiger partial charge is 0.273 e. The van der Waals surface area contributed by atoms with Crippen LogP contribution in [-0.4, -0.2) is 25.6 Å². The molecule has 1 aromatic heterocycles. The van der Waals surface area contributed by atoms with Crippen LogP contribution in [0.15, 0.2) is 39.8 Å². The zero-order chi connectivity index (χ0) is 18.0. The van der Waals surface area contributed by atoms with Crippen LogP contribution in [0.4, 0.5) is 0 Å². The van der Waals surface area contributed by atoms with E-state index in [4.69, 9.17) is 4.42 Å². The molecule has 1 heterocycles. The number of nitrogens with one attached hydrogen (secondary N) is 1. The summed E-state index contributed by atoms with van der Waals surface area (Å²) in [5.41, 5.74) is 1.10. The maximum absolute atomic E-state index is 12.4. The molecule has 0 unspecified atom stereocenters. The molecule has 0 radical (unpaired) electrons. The molecular formula is C18H22N2O4S. The maximum Gasteiger partial charge on any atom is 0.273 e. The second kappa shape index (κ2) is 7.00. The average Bonchev–Trinajstić information content (AvgIpc) is 3.25. The molecule has 1 aromatic carbocycles. The van der Waals surface area contributed by atoms with Crippen molar-refractivity contribution in [3.63, 3.8) is 0 Å². The van der Waals surface area contributed by atoms with Crippen LogP contribution in [0.2, 0.25) is 0 Å². The lowest BCUT2D eigenvalue weighted by molar-refractivity contribution is 0.0934. The standard InChI is InChI=1S/C18H22N2O4S/c1-12(13-7-9-15(10-8-13)25(2,22)23)19-17(21)16-11-24-18(20-16)14-5-3-4-6-14/h7-12,14H,3-6H2,1-2H3,(H,19,21)/t12-/m1/s1. The van der Waals surface area contributed by atoms with Gasteiger partial charge in [-0.3, -0.25) is 4.79 Å². The number of amides is 1.